The second-order valence-corrected chi connectivity index (χ2v) is 3.27. The van der Waals surface area contributed by atoms with Gasteiger partial charge in [0.2, 0.25) is 0 Å². The van der Waals surface area contributed by atoms with Crippen molar-refractivity contribution in [1.82, 2.24) is 4.98 Å². The SMILES string of the molecule is Cc1cc([N+](=O)[O-])cnc1CC(C)O. The summed E-state index contributed by atoms with van der Waals surface area (Å²) >= 11 is 0. The molecule has 0 aliphatic carbocycles. The Labute approximate surface area is 81.6 Å². The van der Waals surface area contributed by atoms with Crippen LogP contribution in [0, 0.1) is 17.0 Å². The van der Waals surface area contributed by atoms with E-state index < -0.39 is 11.0 Å². The van der Waals surface area contributed by atoms with Gasteiger partial charge in [-0.1, -0.05) is 0 Å². The van der Waals surface area contributed by atoms with Crippen molar-refractivity contribution in [3.63, 3.8) is 0 Å². The van der Waals surface area contributed by atoms with E-state index in [0.29, 0.717) is 12.1 Å². The van der Waals surface area contributed by atoms with Crippen LogP contribution >= 0.6 is 0 Å². The summed E-state index contributed by atoms with van der Waals surface area (Å²) in [6.45, 7) is 3.40. The highest BCUT2D eigenvalue weighted by Crippen LogP contribution is 2.15. The largest absolute Gasteiger partial charge is 0.393 e. The fourth-order valence-corrected chi connectivity index (χ4v) is 1.18. The van der Waals surface area contributed by atoms with Crippen molar-refractivity contribution in [2.75, 3.05) is 0 Å². The summed E-state index contributed by atoms with van der Waals surface area (Å²) in [5, 5.41) is 19.5. The van der Waals surface area contributed by atoms with Crippen LogP contribution in [-0.2, 0) is 6.42 Å². The molecule has 76 valence electrons. The maximum Gasteiger partial charge on any atom is 0.287 e. The number of aryl methyl sites for hydroxylation is 1. The number of nitrogens with zero attached hydrogens (tertiary/aromatic N) is 2. The fourth-order valence-electron chi connectivity index (χ4n) is 1.18. The smallest absolute Gasteiger partial charge is 0.287 e. The first-order chi connectivity index (χ1) is 6.50. The summed E-state index contributed by atoms with van der Waals surface area (Å²) < 4.78 is 0. The highest BCUT2D eigenvalue weighted by atomic mass is 16.6. The van der Waals surface area contributed by atoms with Gasteiger partial charge in [0.1, 0.15) is 6.20 Å². The average Bonchev–Trinajstić information content (AvgIpc) is 2.07. The van der Waals surface area contributed by atoms with Crippen LogP contribution in [-0.4, -0.2) is 21.1 Å². The molecule has 5 heteroatoms. The van der Waals surface area contributed by atoms with E-state index in [1.54, 1.807) is 13.8 Å². The molecule has 1 heterocycles. The van der Waals surface area contributed by atoms with E-state index in [9.17, 15) is 10.1 Å². The molecule has 0 radical (unpaired) electrons. The van der Waals surface area contributed by atoms with Crippen molar-refractivity contribution in [2.24, 2.45) is 0 Å². The molecule has 1 rings (SSSR count). The third-order valence-corrected chi connectivity index (χ3v) is 1.87. The number of aliphatic hydroxyl groups excluding tert-OH is 1. The quantitative estimate of drug-likeness (QED) is 0.582. The Hall–Kier alpha value is -1.49. The summed E-state index contributed by atoms with van der Waals surface area (Å²) in [4.78, 5) is 13.9. The number of rotatable bonds is 3. The van der Waals surface area contributed by atoms with Gasteiger partial charge in [-0.2, -0.15) is 0 Å². The first-order valence-electron chi connectivity index (χ1n) is 4.28. The molecule has 0 bridgehead atoms. The van der Waals surface area contributed by atoms with E-state index >= 15 is 0 Å². The predicted molar refractivity (Wildman–Crippen MR) is 51.0 cm³/mol. The van der Waals surface area contributed by atoms with E-state index in [1.165, 1.54) is 12.3 Å². The van der Waals surface area contributed by atoms with Crippen molar-refractivity contribution in [2.45, 2.75) is 26.4 Å². The Balaban J connectivity index is 2.95. The number of aliphatic hydroxyl groups is 1. The number of hydrogen-bond acceptors (Lipinski definition) is 4. The molecule has 0 saturated heterocycles. The first-order valence-corrected chi connectivity index (χ1v) is 4.28. The molecule has 1 aromatic heterocycles. The highest BCUT2D eigenvalue weighted by molar-refractivity contribution is 5.33. The van der Waals surface area contributed by atoms with Gasteiger partial charge in [-0.25, -0.2) is 0 Å². The third-order valence-electron chi connectivity index (χ3n) is 1.87. The van der Waals surface area contributed by atoms with Crippen molar-refractivity contribution >= 4 is 5.69 Å². The standard InChI is InChI=1S/C9H12N2O3/c1-6-3-8(11(13)14)5-10-9(6)4-7(2)12/h3,5,7,12H,4H2,1-2H3. The van der Waals surface area contributed by atoms with Crippen LogP contribution in [0.25, 0.3) is 0 Å². The molecule has 5 nitrogen and oxygen atoms in total. The van der Waals surface area contributed by atoms with E-state index in [4.69, 9.17) is 5.11 Å². The Bertz CT molecular complexity index is 350. The fraction of sp³-hybridized carbons (Fsp3) is 0.444. The lowest BCUT2D eigenvalue weighted by atomic mass is 10.1. The van der Waals surface area contributed by atoms with Gasteiger partial charge in [-0.3, -0.25) is 15.1 Å². The monoisotopic (exact) mass is 196 g/mol. The summed E-state index contributed by atoms with van der Waals surface area (Å²) in [6.07, 6.45) is 1.15. The molecule has 1 N–H and O–H groups in total. The molecule has 14 heavy (non-hydrogen) atoms. The van der Waals surface area contributed by atoms with Gasteiger partial charge in [0.25, 0.3) is 5.69 Å². The zero-order valence-corrected chi connectivity index (χ0v) is 8.10. The van der Waals surface area contributed by atoms with E-state index in [2.05, 4.69) is 4.98 Å². The zero-order valence-electron chi connectivity index (χ0n) is 8.10. The first kappa shape index (κ1) is 10.6. The topological polar surface area (TPSA) is 76.3 Å². The molecule has 1 atom stereocenters. The second kappa shape index (κ2) is 4.15. The Morgan fingerprint density at radius 3 is 2.79 bits per heavy atom. The van der Waals surface area contributed by atoms with Crippen LogP contribution < -0.4 is 0 Å². The number of hydrogen-bond donors (Lipinski definition) is 1. The van der Waals surface area contributed by atoms with Crippen LogP contribution in [0.15, 0.2) is 12.3 Å². The minimum absolute atomic E-state index is 0.0168. The number of nitro groups is 1. The molecule has 0 aromatic carbocycles. The van der Waals surface area contributed by atoms with Gasteiger partial charge in [-0.05, 0) is 19.4 Å². The molecule has 0 spiro atoms. The Kier molecular flexibility index (Phi) is 3.14. The summed E-state index contributed by atoms with van der Waals surface area (Å²) in [5.41, 5.74) is 1.42. The van der Waals surface area contributed by atoms with Gasteiger partial charge in [0, 0.05) is 18.2 Å². The lowest BCUT2D eigenvalue weighted by Crippen LogP contribution is -2.07. The average molecular weight is 196 g/mol. The van der Waals surface area contributed by atoms with Crippen molar-refractivity contribution in [1.29, 1.82) is 0 Å². The summed E-state index contributed by atoms with van der Waals surface area (Å²) in [6, 6.07) is 1.46. The molecular formula is C9H12N2O3. The van der Waals surface area contributed by atoms with Crippen LogP contribution in [0.2, 0.25) is 0 Å². The Morgan fingerprint density at radius 2 is 2.36 bits per heavy atom. The van der Waals surface area contributed by atoms with Crippen molar-refractivity contribution < 1.29 is 10.0 Å². The maximum atomic E-state index is 10.4. The molecule has 0 saturated carbocycles. The second-order valence-electron chi connectivity index (χ2n) is 3.27. The van der Waals surface area contributed by atoms with Crippen LogP contribution in [0.3, 0.4) is 0 Å². The molecule has 0 aliphatic heterocycles. The van der Waals surface area contributed by atoms with Gasteiger partial charge >= 0.3 is 0 Å². The highest BCUT2D eigenvalue weighted by Gasteiger charge is 2.10. The van der Waals surface area contributed by atoms with Gasteiger partial charge in [0.05, 0.1) is 11.0 Å². The third kappa shape index (κ3) is 2.50. The van der Waals surface area contributed by atoms with Gasteiger partial charge < -0.3 is 5.11 Å². The van der Waals surface area contributed by atoms with E-state index in [-0.39, 0.29) is 5.69 Å². The molecular weight excluding hydrogens is 184 g/mol. The molecule has 0 fully saturated rings. The van der Waals surface area contributed by atoms with Crippen LogP contribution in [0.4, 0.5) is 5.69 Å². The maximum absolute atomic E-state index is 10.4. The normalized spacial score (nSPS) is 12.5. The van der Waals surface area contributed by atoms with Crippen molar-refractivity contribution in [3.8, 4) is 0 Å². The molecule has 0 aliphatic rings. The summed E-state index contributed by atoms with van der Waals surface area (Å²) in [5.74, 6) is 0. The van der Waals surface area contributed by atoms with Crippen molar-refractivity contribution in [3.05, 3.63) is 33.6 Å². The molecule has 1 unspecified atom stereocenters. The molecule has 0 amide bonds. The minimum atomic E-state index is -0.484. The lowest BCUT2D eigenvalue weighted by Gasteiger charge is -2.05. The van der Waals surface area contributed by atoms with Gasteiger partial charge in [0.15, 0.2) is 0 Å². The summed E-state index contributed by atoms with van der Waals surface area (Å²) in [7, 11) is 0. The lowest BCUT2D eigenvalue weighted by molar-refractivity contribution is -0.385. The minimum Gasteiger partial charge on any atom is -0.393 e. The van der Waals surface area contributed by atoms with Crippen LogP contribution in [0.1, 0.15) is 18.2 Å². The zero-order chi connectivity index (χ0) is 10.7. The van der Waals surface area contributed by atoms with E-state index in [1.807, 2.05) is 0 Å². The van der Waals surface area contributed by atoms with E-state index in [0.717, 1.165) is 5.56 Å². The van der Waals surface area contributed by atoms with Gasteiger partial charge in [-0.15, -0.1) is 0 Å². The predicted octanol–water partition coefficient (Wildman–Crippen LogP) is 1.22. The number of pyridine rings is 1. The Morgan fingerprint density at radius 1 is 1.71 bits per heavy atom. The molecule has 1 aromatic rings. The van der Waals surface area contributed by atoms with Crippen LogP contribution in [0.5, 0.6) is 0 Å². The number of aromatic nitrogens is 1.